The van der Waals surface area contributed by atoms with Gasteiger partial charge < -0.3 is 5.32 Å². The Labute approximate surface area is 131 Å². The number of aromatic amines is 1. The van der Waals surface area contributed by atoms with E-state index in [0.29, 0.717) is 22.5 Å². The van der Waals surface area contributed by atoms with Crippen LogP contribution in [-0.4, -0.2) is 20.4 Å². The molecular formula is C14H11Cl2N5. The van der Waals surface area contributed by atoms with Crippen LogP contribution in [0.2, 0.25) is 10.3 Å². The summed E-state index contributed by atoms with van der Waals surface area (Å²) in [5.41, 5.74) is 3.85. The summed E-state index contributed by atoms with van der Waals surface area (Å²) in [6.45, 7) is 0.616. The van der Waals surface area contributed by atoms with Crippen molar-refractivity contribution in [1.82, 2.24) is 20.4 Å². The molecule has 3 rings (SSSR count). The number of anilines is 1. The van der Waals surface area contributed by atoms with Gasteiger partial charge in [0.15, 0.2) is 10.3 Å². The summed E-state index contributed by atoms with van der Waals surface area (Å²) in [5.74, 6) is 0. The molecule has 5 nitrogen and oxygen atoms in total. The van der Waals surface area contributed by atoms with Gasteiger partial charge in [-0.15, -0.1) is 10.2 Å². The van der Waals surface area contributed by atoms with Gasteiger partial charge in [0.05, 0.1) is 11.4 Å². The lowest BCUT2D eigenvalue weighted by atomic mass is 10.1. The summed E-state index contributed by atoms with van der Waals surface area (Å²) in [4.78, 5) is 0. The number of nitrogens with one attached hydrogen (secondary N) is 2. The van der Waals surface area contributed by atoms with Gasteiger partial charge in [-0.2, -0.15) is 5.10 Å². The minimum absolute atomic E-state index is 0.300. The SMILES string of the molecule is Clc1cc(NCc2ccc(-c3ccn[nH]3)cc2)c(Cl)nn1. The van der Waals surface area contributed by atoms with Crippen molar-refractivity contribution in [2.45, 2.75) is 6.54 Å². The molecule has 2 aromatic heterocycles. The van der Waals surface area contributed by atoms with Crippen LogP contribution in [0.15, 0.2) is 42.6 Å². The third-order valence-corrected chi connectivity index (χ3v) is 3.43. The number of nitrogens with zero attached hydrogens (tertiary/aromatic N) is 3. The normalized spacial score (nSPS) is 10.6. The van der Waals surface area contributed by atoms with Gasteiger partial charge in [-0.05, 0) is 17.2 Å². The lowest BCUT2D eigenvalue weighted by molar-refractivity contribution is 1.02. The highest BCUT2D eigenvalue weighted by Crippen LogP contribution is 2.22. The predicted octanol–water partition coefficient (Wildman–Crippen LogP) is 3.79. The number of benzene rings is 1. The minimum Gasteiger partial charge on any atom is -0.378 e. The van der Waals surface area contributed by atoms with Gasteiger partial charge in [-0.3, -0.25) is 5.10 Å². The van der Waals surface area contributed by atoms with E-state index in [1.165, 1.54) is 0 Å². The zero-order valence-corrected chi connectivity index (χ0v) is 12.4. The van der Waals surface area contributed by atoms with Crippen molar-refractivity contribution in [3.8, 4) is 11.3 Å². The van der Waals surface area contributed by atoms with E-state index in [1.807, 2.05) is 30.3 Å². The number of H-pyrrole nitrogens is 1. The maximum absolute atomic E-state index is 5.95. The number of halogens is 2. The minimum atomic E-state index is 0.300. The van der Waals surface area contributed by atoms with Gasteiger partial charge >= 0.3 is 0 Å². The first kappa shape index (κ1) is 13.9. The highest BCUT2D eigenvalue weighted by molar-refractivity contribution is 6.33. The van der Waals surface area contributed by atoms with Gasteiger partial charge in [-0.1, -0.05) is 47.5 Å². The summed E-state index contributed by atoms with van der Waals surface area (Å²) in [6.07, 6.45) is 1.73. The van der Waals surface area contributed by atoms with Crippen LogP contribution in [0.4, 0.5) is 5.69 Å². The molecule has 0 spiro atoms. The second-order valence-electron chi connectivity index (χ2n) is 4.39. The quantitative estimate of drug-likeness (QED) is 0.767. The Morgan fingerprint density at radius 1 is 1.05 bits per heavy atom. The predicted molar refractivity (Wildman–Crippen MR) is 83.4 cm³/mol. The molecule has 2 N–H and O–H groups in total. The van der Waals surface area contributed by atoms with Gasteiger partial charge in [0.1, 0.15) is 0 Å². The topological polar surface area (TPSA) is 66.5 Å². The van der Waals surface area contributed by atoms with Crippen molar-refractivity contribution in [3.05, 3.63) is 58.5 Å². The molecule has 0 bridgehead atoms. The van der Waals surface area contributed by atoms with Crippen LogP contribution in [-0.2, 0) is 6.54 Å². The Bertz CT molecular complexity index is 726. The van der Waals surface area contributed by atoms with E-state index in [-0.39, 0.29) is 0 Å². The van der Waals surface area contributed by atoms with Crippen LogP contribution in [0.3, 0.4) is 0 Å². The standard InChI is InChI=1S/C14H11Cl2N5/c15-13-7-12(14(16)21-20-13)17-8-9-1-3-10(4-2-9)11-5-6-18-19-11/h1-7H,8H2,(H,17,20)(H,18,19). The van der Waals surface area contributed by atoms with E-state index >= 15 is 0 Å². The molecule has 1 aromatic carbocycles. The first-order valence-corrected chi connectivity index (χ1v) is 6.99. The highest BCUT2D eigenvalue weighted by Gasteiger charge is 2.04. The number of hydrogen-bond donors (Lipinski definition) is 2. The Balaban J connectivity index is 1.70. The van der Waals surface area contributed by atoms with Crippen molar-refractivity contribution in [2.24, 2.45) is 0 Å². The van der Waals surface area contributed by atoms with Crippen molar-refractivity contribution < 1.29 is 0 Å². The second kappa shape index (κ2) is 6.11. The molecule has 0 atom stereocenters. The molecule has 0 unspecified atom stereocenters. The summed E-state index contributed by atoms with van der Waals surface area (Å²) in [6, 6.07) is 11.7. The molecule has 3 aromatic rings. The Morgan fingerprint density at radius 2 is 1.86 bits per heavy atom. The average Bonchev–Trinajstić information content (AvgIpc) is 3.03. The van der Waals surface area contributed by atoms with Crippen LogP contribution in [0.1, 0.15) is 5.56 Å². The largest absolute Gasteiger partial charge is 0.378 e. The van der Waals surface area contributed by atoms with E-state index in [0.717, 1.165) is 16.8 Å². The number of aromatic nitrogens is 4. The number of rotatable bonds is 4. The molecule has 0 aliphatic heterocycles. The maximum atomic E-state index is 5.95. The molecule has 106 valence electrons. The van der Waals surface area contributed by atoms with E-state index in [9.17, 15) is 0 Å². The summed E-state index contributed by atoms with van der Waals surface area (Å²) < 4.78 is 0. The van der Waals surface area contributed by atoms with Gasteiger partial charge in [0.25, 0.3) is 0 Å². The molecule has 0 aliphatic rings. The monoisotopic (exact) mass is 319 g/mol. The lowest BCUT2D eigenvalue weighted by Gasteiger charge is -2.08. The van der Waals surface area contributed by atoms with E-state index < -0.39 is 0 Å². The Kier molecular flexibility index (Phi) is 4.03. The van der Waals surface area contributed by atoms with Gasteiger partial charge in [-0.25, -0.2) is 0 Å². The molecule has 0 amide bonds. The molecule has 0 fully saturated rings. The second-order valence-corrected chi connectivity index (χ2v) is 5.14. The fourth-order valence-electron chi connectivity index (χ4n) is 1.89. The Morgan fingerprint density at radius 3 is 2.57 bits per heavy atom. The zero-order valence-electron chi connectivity index (χ0n) is 10.8. The highest BCUT2D eigenvalue weighted by atomic mass is 35.5. The summed E-state index contributed by atoms with van der Waals surface area (Å²) >= 11 is 11.7. The van der Waals surface area contributed by atoms with Crippen LogP contribution >= 0.6 is 23.2 Å². The first-order chi connectivity index (χ1) is 10.2. The van der Waals surface area contributed by atoms with Crippen LogP contribution in [0.5, 0.6) is 0 Å². The average molecular weight is 320 g/mol. The van der Waals surface area contributed by atoms with Gasteiger partial charge in [0, 0.05) is 18.8 Å². The molecule has 0 aliphatic carbocycles. The van der Waals surface area contributed by atoms with Gasteiger partial charge in [0.2, 0.25) is 0 Å². The third-order valence-electron chi connectivity index (χ3n) is 2.97. The summed E-state index contributed by atoms with van der Waals surface area (Å²) in [7, 11) is 0. The van der Waals surface area contributed by atoms with E-state index in [2.05, 4.69) is 25.7 Å². The van der Waals surface area contributed by atoms with Crippen molar-refractivity contribution in [2.75, 3.05) is 5.32 Å². The fourth-order valence-corrected chi connectivity index (χ4v) is 2.20. The fraction of sp³-hybridized carbons (Fsp3) is 0.0714. The van der Waals surface area contributed by atoms with E-state index in [1.54, 1.807) is 12.3 Å². The maximum Gasteiger partial charge on any atom is 0.174 e. The van der Waals surface area contributed by atoms with Crippen LogP contribution in [0.25, 0.3) is 11.3 Å². The molecule has 7 heteroatoms. The van der Waals surface area contributed by atoms with Crippen molar-refractivity contribution in [1.29, 1.82) is 0 Å². The lowest BCUT2D eigenvalue weighted by Crippen LogP contribution is -2.01. The van der Waals surface area contributed by atoms with Crippen molar-refractivity contribution >= 4 is 28.9 Å². The van der Waals surface area contributed by atoms with Crippen LogP contribution in [0, 0.1) is 0 Å². The third kappa shape index (κ3) is 3.32. The number of hydrogen-bond acceptors (Lipinski definition) is 4. The first-order valence-electron chi connectivity index (χ1n) is 6.23. The smallest absolute Gasteiger partial charge is 0.174 e. The zero-order chi connectivity index (χ0) is 14.7. The van der Waals surface area contributed by atoms with E-state index in [4.69, 9.17) is 23.2 Å². The van der Waals surface area contributed by atoms with Crippen molar-refractivity contribution in [3.63, 3.8) is 0 Å². The Hall–Kier alpha value is -2.11. The summed E-state index contributed by atoms with van der Waals surface area (Å²) in [5, 5.41) is 18.1. The molecule has 21 heavy (non-hydrogen) atoms. The van der Waals surface area contributed by atoms with Crippen LogP contribution < -0.4 is 5.32 Å². The molecule has 0 saturated carbocycles. The molecule has 2 heterocycles. The molecule has 0 saturated heterocycles. The molecule has 0 radical (unpaired) electrons. The molecular weight excluding hydrogens is 309 g/mol.